The van der Waals surface area contributed by atoms with Crippen LogP contribution in [0.3, 0.4) is 0 Å². The number of ether oxygens (including phenoxy) is 2. The fourth-order valence-electron chi connectivity index (χ4n) is 1.74. The summed E-state index contributed by atoms with van der Waals surface area (Å²) in [5.41, 5.74) is 0.293. The predicted molar refractivity (Wildman–Crippen MR) is 88.7 cm³/mol. The molecule has 0 fully saturated rings. The number of rotatable bonds is 7. The van der Waals surface area contributed by atoms with Crippen molar-refractivity contribution in [2.24, 2.45) is 0 Å². The monoisotopic (exact) mass is 319 g/mol. The maximum absolute atomic E-state index is 12.3. The van der Waals surface area contributed by atoms with Crippen LogP contribution >= 0.6 is 0 Å². The summed E-state index contributed by atoms with van der Waals surface area (Å²) < 4.78 is 10.7. The van der Waals surface area contributed by atoms with Gasteiger partial charge in [0.25, 0.3) is 0 Å². The van der Waals surface area contributed by atoms with Gasteiger partial charge in [-0.2, -0.15) is 0 Å². The van der Waals surface area contributed by atoms with Crippen LogP contribution in [0, 0.1) is 0 Å². The van der Waals surface area contributed by atoms with Crippen LogP contribution < -0.4 is 0 Å². The maximum atomic E-state index is 12.3. The van der Waals surface area contributed by atoms with E-state index in [1.807, 2.05) is 30.3 Å². The Hall–Kier alpha value is -2.14. The number of Topliss-reactive ketones (excluding diaryl/α,β-unsaturated/α-hetero) is 1. The summed E-state index contributed by atoms with van der Waals surface area (Å²) in [7, 11) is 3.48. The van der Waals surface area contributed by atoms with Gasteiger partial charge in [0.05, 0.1) is 6.61 Å². The molecule has 126 valence electrons. The fraction of sp³-hybridized carbons (Fsp3) is 0.444. The van der Waals surface area contributed by atoms with Crippen molar-refractivity contribution in [3.05, 3.63) is 47.7 Å². The first-order valence-corrected chi connectivity index (χ1v) is 7.45. The van der Waals surface area contributed by atoms with Crippen LogP contribution in [0.4, 0.5) is 0 Å². The van der Waals surface area contributed by atoms with E-state index in [-0.39, 0.29) is 12.2 Å². The number of ketones is 1. The molecule has 0 radical (unpaired) electrons. The molecular weight excluding hydrogens is 294 g/mol. The highest BCUT2D eigenvalue weighted by atomic mass is 16.6. The average Bonchev–Trinajstić information content (AvgIpc) is 2.43. The van der Waals surface area contributed by atoms with Crippen LogP contribution in [0.5, 0.6) is 0 Å². The molecule has 0 heterocycles. The zero-order chi connectivity index (χ0) is 17.5. The van der Waals surface area contributed by atoms with E-state index in [0.717, 1.165) is 5.56 Å². The van der Waals surface area contributed by atoms with Crippen molar-refractivity contribution < 1.29 is 19.1 Å². The van der Waals surface area contributed by atoms with Crippen molar-refractivity contribution >= 4 is 11.8 Å². The summed E-state index contributed by atoms with van der Waals surface area (Å²) in [6.07, 6.45) is 1.46. The molecule has 1 aromatic rings. The minimum absolute atomic E-state index is 0.0158. The lowest BCUT2D eigenvalue weighted by Crippen LogP contribution is -2.29. The first-order valence-electron chi connectivity index (χ1n) is 7.45. The van der Waals surface area contributed by atoms with E-state index in [1.165, 1.54) is 6.20 Å². The molecular formula is C18H25NO4. The van der Waals surface area contributed by atoms with Gasteiger partial charge in [0, 0.05) is 20.3 Å². The number of hydrogen-bond donors (Lipinski definition) is 0. The lowest BCUT2D eigenvalue weighted by molar-refractivity contribution is -0.151. The Balaban J connectivity index is 2.67. The third-order valence-corrected chi connectivity index (χ3v) is 2.65. The van der Waals surface area contributed by atoms with E-state index in [1.54, 1.807) is 39.8 Å². The smallest absolute Gasteiger partial charge is 0.343 e. The van der Waals surface area contributed by atoms with Gasteiger partial charge in [0.2, 0.25) is 0 Å². The highest BCUT2D eigenvalue weighted by Crippen LogP contribution is 2.12. The molecule has 1 aromatic carbocycles. The van der Waals surface area contributed by atoms with Crippen LogP contribution in [-0.2, 0) is 25.7 Å². The molecule has 0 bridgehead atoms. The summed E-state index contributed by atoms with van der Waals surface area (Å²) >= 11 is 0. The van der Waals surface area contributed by atoms with E-state index >= 15 is 0 Å². The third-order valence-electron chi connectivity index (χ3n) is 2.65. The Bertz CT molecular complexity index is 556. The maximum Gasteiger partial charge on any atom is 0.343 e. The molecule has 0 saturated heterocycles. The van der Waals surface area contributed by atoms with Crippen molar-refractivity contribution in [1.29, 1.82) is 0 Å². The van der Waals surface area contributed by atoms with Gasteiger partial charge in [0.1, 0.15) is 17.8 Å². The Labute approximate surface area is 137 Å². The number of benzene rings is 1. The van der Waals surface area contributed by atoms with Gasteiger partial charge >= 0.3 is 5.97 Å². The topological polar surface area (TPSA) is 55.8 Å². The van der Waals surface area contributed by atoms with Crippen LogP contribution in [0.25, 0.3) is 0 Å². The molecule has 5 nitrogen and oxygen atoms in total. The Morgan fingerprint density at radius 1 is 1.13 bits per heavy atom. The van der Waals surface area contributed by atoms with Gasteiger partial charge < -0.3 is 14.4 Å². The van der Waals surface area contributed by atoms with Crippen molar-refractivity contribution in [1.82, 2.24) is 4.90 Å². The average molecular weight is 319 g/mol. The first kappa shape index (κ1) is 18.9. The van der Waals surface area contributed by atoms with E-state index < -0.39 is 17.4 Å². The number of nitrogens with zero attached hydrogens (tertiary/aromatic N) is 1. The van der Waals surface area contributed by atoms with E-state index in [0.29, 0.717) is 6.61 Å². The molecule has 23 heavy (non-hydrogen) atoms. The van der Waals surface area contributed by atoms with Gasteiger partial charge in [0.15, 0.2) is 5.78 Å². The number of hydrogen-bond acceptors (Lipinski definition) is 5. The number of carbonyl (C=O) groups is 2. The molecule has 1 rings (SSSR count). The Morgan fingerprint density at radius 3 is 2.26 bits per heavy atom. The SMILES string of the molecule is CN(C)C=C(C(=O)COCc1ccccc1)C(=O)OC(C)(C)C. The van der Waals surface area contributed by atoms with Gasteiger partial charge in [-0.15, -0.1) is 0 Å². The van der Waals surface area contributed by atoms with Gasteiger partial charge in [-0.25, -0.2) is 4.79 Å². The van der Waals surface area contributed by atoms with Gasteiger partial charge in [-0.3, -0.25) is 4.79 Å². The molecule has 0 spiro atoms. The van der Waals surface area contributed by atoms with Crippen molar-refractivity contribution in [2.45, 2.75) is 33.0 Å². The predicted octanol–water partition coefficient (Wildman–Crippen LogP) is 2.56. The van der Waals surface area contributed by atoms with Crippen molar-refractivity contribution in [2.75, 3.05) is 20.7 Å². The van der Waals surface area contributed by atoms with Gasteiger partial charge in [-0.05, 0) is 26.3 Å². The zero-order valence-electron chi connectivity index (χ0n) is 14.5. The number of esters is 1. The quantitative estimate of drug-likeness (QED) is 0.335. The summed E-state index contributed by atoms with van der Waals surface area (Å²) in [4.78, 5) is 26.1. The molecule has 0 N–H and O–H groups in total. The molecule has 0 amide bonds. The zero-order valence-corrected chi connectivity index (χ0v) is 14.5. The van der Waals surface area contributed by atoms with Gasteiger partial charge in [-0.1, -0.05) is 30.3 Å². The Kier molecular flexibility index (Phi) is 6.97. The lowest BCUT2D eigenvalue weighted by Gasteiger charge is -2.21. The van der Waals surface area contributed by atoms with Crippen LogP contribution in [0.2, 0.25) is 0 Å². The molecule has 0 aromatic heterocycles. The molecule has 5 heteroatoms. The highest BCUT2D eigenvalue weighted by Gasteiger charge is 2.25. The highest BCUT2D eigenvalue weighted by molar-refractivity contribution is 6.17. The summed E-state index contributed by atoms with van der Waals surface area (Å²) in [5.74, 6) is -1.04. The standard InChI is InChI=1S/C18H25NO4/c1-18(2,3)23-17(21)15(11-19(4)5)16(20)13-22-12-14-9-7-6-8-10-14/h6-11H,12-13H2,1-5H3. The summed E-state index contributed by atoms with van der Waals surface area (Å²) in [6.45, 7) is 5.42. The lowest BCUT2D eigenvalue weighted by atomic mass is 10.1. The summed E-state index contributed by atoms with van der Waals surface area (Å²) in [6, 6.07) is 9.54. The van der Waals surface area contributed by atoms with E-state index in [4.69, 9.17) is 9.47 Å². The second-order valence-electron chi connectivity index (χ2n) is 6.41. The number of carbonyl (C=O) groups excluding carboxylic acids is 2. The minimum atomic E-state index is -0.659. The van der Waals surface area contributed by atoms with E-state index in [9.17, 15) is 9.59 Å². The molecule has 0 unspecified atom stereocenters. The fourth-order valence-corrected chi connectivity index (χ4v) is 1.74. The minimum Gasteiger partial charge on any atom is -0.456 e. The second kappa shape index (κ2) is 8.48. The van der Waals surface area contributed by atoms with Crippen LogP contribution in [0.15, 0.2) is 42.1 Å². The molecule has 0 saturated carbocycles. The van der Waals surface area contributed by atoms with Crippen molar-refractivity contribution in [3.8, 4) is 0 Å². The second-order valence-corrected chi connectivity index (χ2v) is 6.41. The Morgan fingerprint density at radius 2 is 1.74 bits per heavy atom. The molecule has 0 aliphatic rings. The van der Waals surface area contributed by atoms with Crippen LogP contribution in [-0.4, -0.2) is 43.0 Å². The van der Waals surface area contributed by atoms with Crippen molar-refractivity contribution in [3.63, 3.8) is 0 Å². The normalized spacial score (nSPS) is 12.0. The van der Waals surface area contributed by atoms with Crippen LogP contribution in [0.1, 0.15) is 26.3 Å². The molecule has 0 atom stereocenters. The molecule has 0 aliphatic carbocycles. The first-order chi connectivity index (χ1) is 10.7. The molecule has 0 aliphatic heterocycles. The van der Waals surface area contributed by atoms with E-state index in [2.05, 4.69) is 0 Å². The summed E-state index contributed by atoms with van der Waals surface area (Å²) in [5, 5.41) is 0. The largest absolute Gasteiger partial charge is 0.456 e. The third kappa shape index (κ3) is 7.61.